The van der Waals surface area contributed by atoms with Crippen LogP contribution in [0.2, 0.25) is 10.0 Å². The lowest BCUT2D eigenvalue weighted by Crippen LogP contribution is -2.29. The molecule has 4 heteroatoms. The van der Waals surface area contributed by atoms with E-state index in [2.05, 4.69) is 65.8 Å². The molecule has 166 valence electrons. The summed E-state index contributed by atoms with van der Waals surface area (Å²) >= 11 is 13.4. The number of halogens is 2. The van der Waals surface area contributed by atoms with Gasteiger partial charge in [-0.05, 0) is 86.6 Å². The molecule has 1 aliphatic carbocycles. The Hall–Kier alpha value is -3.07. The molecule has 0 saturated heterocycles. The van der Waals surface area contributed by atoms with Crippen LogP contribution >= 0.6 is 23.2 Å². The second kappa shape index (κ2) is 6.97. The topological polar surface area (TPSA) is 21.6 Å². The number of oxime groups is 1. The van der Waals surface area contributed by atoms with Crippen molar-refractivity contribution in [3.8, 4) is 0 Å². The van der Waals surface area contributed by atoms with Crippen LogP contribution < -0.4 is 5.22 Å². The van der Waals surface area contributed by atoms with Gasteiger partial charge in [-0.2, -0.15) is 0 Å². The molecule has 34 heavy (non-hydrogen) atoms. The average molecular weight is 482 g/mol. The molecule has 0 unspecified atom stereocenters. The van der Waals surface area contributed by atoms with Crippen molar-refractivity contribution in [1.29, 1.82) is 0 Å². The molecule has 1 heterocycles. The Labute approximate surface area is 207 Å². The molecule has 2 aliphatic rings. The summed E-state index contributed by atoms with van der Waals surface area (Å²) in [5, 5.41) is 14.9. The molecule has 0 amide bonds. The first-order valence-corrected chi connectivity index (χ1v) is 12.3. The van der Waals surface area contributed by atoms with Gasteiger partial charge in [0.2, 0.25) is 0 Å². The van der Waals surface area contributed by atoms with E-state index in [4.69, 9.17) is 28.0 Å². The molecule has 0 radical (unpaired) electrons. The minimum absolute atomic E-state index is 0.0181. The van der Waals surface area contributed by atoms with Crippen LogP contribution in [-0.2, 0) is 4.84 Å². The lowest BCUT2D eigenvalue weighted by Gasteiger charge is -2.26. The summed E-state index contributed by atoms with van der Waals surface area (Å²) in [4.78, 5) is 6.11. The molecule has 1 aliphatic heterocycles. The maximum absolute atomic E-state index is 6.70. The molecule has 2 atom stereocenters. The van der Waals surface area contributed by atoms with Crippen LogP contribution in [0.25, 0.3) is 38.4 Å². The van der Waals surface area contributed by atoms with Crippen LogP contribution in [0.3, 0.4) is 0 Å². The molecule has 0 saturated carbocycles. The number of benzene rings is 5. The summed E-state index contributed by atoms with van der Waals surface area (Å²) in [6, 6.07) is 19.7. The first-order chi connectivity index (χ1) is 16.5. The molecular weight excluding hydrogens is 461 g/mol. The summed E-state index contributed by atoms with van der Waals surface area (Å²) in [5.41, 5.74) is 6.06. The molecule has 0 spiro atoms. The number of hydrogen-bond donors (Lipinski definition) is 0. The standard InChI is InChI=1S/C30H21Cl2NO/c1-14-24(15(2)29(32)16(3)28(14)31)30-27-21-12-6-11-19-18-9-4-7-17-8-5-10-20(25(17)18)22(26(19)21)13-23(27)34-33-30/h4-13,23,27H,1-3H3/t23-,27+/m1/s1. The quantitative estimate of drug-likeness (QED) is 0.177. The third-order valence-corrected chi connectivity index (χ3v) is 8.87. The van der Waals surface area contributed by atoms with E-state index in [-0.39, 0.29) is 12.0 Å². The Morgan fingerprint density at radius 3 is 2.06 bits per heavy atom. The Bertz CT molecular complexity index is 1770. The molecule has 0 N–H and O–H groups in total. The van der Waals surface area contributed by atoms with Gasteiger partial charge in [-0.15, -0.1) is 0 Å². The lowest BCUT2D eigenvalue weighted by molar-refractivity contribution is 0.121. The molecule has 2 nitrogen and oxygen atoms in total. The van der Waals surface area contributed by atoms with Crippen molar-refractivity contribution in [2.45, 2.75) is 32.8 Å². The fourth-order valence-electron chi connectivity index (χ4n) is 6.20. The van der Waals surface area contributed by atoms with Gasteiger partial charge in [0.15, 0.2) is 6.10 Å². The SMILES string of the molecule is Cc1c(Cl)c(C)c(C2=NO[C@@H]3C=c4c5cccc6cccc(c7cccc(c47)[C@H]23)c65)c(C)c1Cl. The van der Waals surface area contributed by atoms with E-state index < -0.39 is 0 Å². The fourth-order valence-corrected chi connectivity index (χ4v) is 6.63. The molecule has 7 rings (SSSR count). The zero-order valence-corrected chi connectivity index (χ0v) is 20.6. The van der Waals surface area contributed by atoms with E-state index in [1.165, 1.54) is 43.1 Å². The van der Waals surface area contributed by atoms with Crippen molar-refractivity contribution < 1.29 is 4.84 Å². The maximum Gasteiger partial charge on any atom is 0.159 e. The van der Waals surface area contributed by atoms with Crippen LogP contribution in [0.15, 0.2) is 59.8 Å². The molecule has 5 aromatic carbocycles. The van der Waals surface area contributed by atoms with Crippen LogP contribution in [0.4, 0.5) is 0 Å². The van der Waals surface area contributed by atoms with Gasteiger partial charge < -0.3 is 4.84 Å². The Morgan fingerprint density at radius 2 is 1.35 bits per heavy atom. The highest BCUT2D eigenvalue weighted by Gasteiger charge is 2.40. The monoisotopic (exact) mass is 481 g/mol. The number of hydrogen-bond acceptors (Lipinski definition) is 2. The van der Waals surface area contributed by atoms with Crippen molar-refractivity contribution in [1.82, 2.24) is 0 Å². The summed E-state index contributed by atoms with van der Waals surface area (Å²) in [6.45, 7) is 6.06. The van der Waals surface area contributed by atoms with E-state index in [0.29, 0.717) is 10.0 Å². The largest absolute Gasteiger partial charge is 0.387 e. The van der Waals surface area contributed by atoms with Crippen molar-refractivity contribution in [2.75, 3.05) is 0 Å². The molecule has 0 bridgehead atoms. The number of nitrogens with zero attached hydrogens (tertiary/aromatic N) is 1. The zero-order chi connectivity index (χ0) is 23.3. The van der Waals surface area contributed by atoms with Gasteiger partial charge in [0.1, 0.15) is 0 Å². The second-order valence-corrected chi connectivity index (χ2v) is 10.2. The summed E-state index contributed by atoms with van der Waals surface area (Å²) in [5.74, 6) is -0.0181. The predicted octanol–water partition coefficient (Wildman–Crippen LogP) is 7.78. The molecule has 5 aromatic rings. The number of fused-ring (bicyclic) bond motifs is 4. The van der Waals surface area contributed by atoms with Crippen LogP contribution in [0, 0.1) is 20.8 Å². The van der Waals surface area contributed by atoms with E-state index >= 15 is 0 Å². The van der Waals surface area contributed by atoms with Gasteiger partial charge in [0.05, 0.1) is 11.6 Å². The summed E-state index contributed by atoms with van der Waals surface area (Å²) in [7, 11) is 0. The number of rotatable bonds is 1. The van der Waals surface area contributed by atoms with Gasteiger partial charge in [-0.1, -0.05) is 83.0 Å². The minimum atomic E-state index is -0.175. The fraction of sp³-hybridized carbons (Fsp3) is 0.167. The highest BCUT2D eigenvalue weighted by atomic mass is 35.5. The summed E-state index contributed by atoms with van der Waals surface area (Å²) < 4.78 is 0. The average Bonchev–Trinajstić information content (AvgIpc) is 3.28. The van der Waals surface area contributed by atoms with Gasteiger partial charge in [0, 0.05) is 15.6 Å². The van der Waals surface area contributed by atoms with E-state index in [0.717, 1.165) is 28.0 Å². The Kier molecular flexibility index (Phi) is 4.17. The van der Waals surface area contributed by atoms with E-state index in [1.807, 2.05) is 20.8 Å². The first kappa shape index (κ1) is 20.3. The van der Waals surface area contributed by atoms with Crippen molar-refractivity contribution in [3.05, 3.63) is 97.7 Å². The van der Waals surface area contributed by atoms with E-state index in [1.54, 1.807) is 0 Å². The van der Waals surface area contributed by atoms with Gasteiger partial charge >= 0.3 is 0 Å². The van der Waals surface area contributed by atoms with Crippen LogP contribution in [0.1, 0.15) is 33.7 Å². The van der Waals surface area contributed by atoms with Crippen molar-refractivity contribution >= 4 is 67.3 Å². The molecular formula is C30H21Cl2NO. The third-order valence-electron chi connectivity index (χ3n) is 7.74. The van der Waals surface area contributed by atoms with Crippen molar-refractivity contribution in [2.24, 2.45) is 5.16 Å². The molecule has 0 fully saturated rings. The normalized spacial score (nSPS) is 18.8. The Balaban J connectivity index is 1.57. The van der Waals surface area contributed by atoms with Gasteiger partial charge in [0.25, 0.3) is 0 Å². The van der Waals surface area contributed by atoms with Crippen LogP contribution in [0.5, 0.6) is 0 Å². The highest BCUT2D eigenvalue weighted by Crippen LogP contribution is 2.44. The lowest BCUT2D eigenvalue weighted by atomic mass is 9.76. The highest BCUT2D eigenvalue weighted by molar-refractivity contribution is 6.38. The maximum atomic E-state index is 6.70. The van der Waals surface area contributed by atoms with E-state index in [9.17, 15) is 0 Å². The first-order valence-electron chi connectivity index (χ1n) is 11.5. The minimum Gasteiger partial charge on any atom is -0.387 e. The predicted molar refractivity (Wildman–Crippen MR) is 143 cm³/mol. The zero-order valence-electron chi connectivity index (χ0n) is 19.0. The smallest absolute Gasteiger partial charge is 0.159 e. The van der Waals surface area contributed by atoms with Gasteiger partial charge in [-0.3, -0.25) is 0 Å². The Morgan fingerprint density at radius 1 is 0.735 bits per heavy atom. The second-order valence-electron chi connectivity index (χ2n) is 9.46. The van der Waals surface area contributed by atoms with Crippen molar-refractivity contribution in [3.63, 3.8) is 0 Å². The van der Waals surface area contributed by atoms with Crippen LogP contribution in [-0.4, -0.2) is 11.8 Å². The summed E-state index contributed by atoms with van der Waals surface area (Å²) in [6.07, 6.45) is 2.09. The third kappa shape index (κ3) is 2.45. The van der Waals surface area contributed by atoms with Gasteiger partial charge in [-0.25, -0.2) is 0 Å². The molecule has 0 aromatic heterocycles.